The number of H-pyrrole nitrogens is 2. The summed E-state index contributed by atoms with van der Waals surface area (Å²) in [6.07, 6.45) is 6.41. The Balaban J connectivity index is 1.59. The molecule has 1 aliphatic rings. The second kappa shape index (κ2) is 25.2. The highest BCUT2D eigenvalue weighted by atomic mass is 16.2. The summed E-state index contributed by atoms with van der Waals surface area (Å²) in [5.74, 6) is -2.32. The number of aliphatic imine (C=N–C) groups is 2. The minimum atomic E-state index is -1.23. The standard InChI is InChI=1S/C45H70N18O8/c1-9-16-59(34(65)23-58-17-12-32(46)54-30(58)5)22-33(64)50-15-19-63(36(67)25-61-21-28(3)39(68)57-44(61)71)31(11-10-13-52-42(47)48)40(69)51-14-18-60(20-27(2)29(4)45(6,7)8)35(66)24-62-26-53-37-38(62)55-43(49)56-41(37)70/h12,17,21,26-27,29,31H,5,9-11,13-16,18-20,22-25H2,1-4,6-8H3,(H2,46,54)(H,50,64)(H,51,69)(H4,47,48,52)(H,57,68,71)(H3,49,55,56,70)/t27?,29?,31-/m0/s1. The fraction of sp³-hybridized carbons (Fsp3) is 0.556. The molecule has 4 heterocycles. The number of nitrogen functional groups attached to an aromatic ring is 1. The number of rotatable bonds is 25. The van der Waals surface area contributed by atoms with Crippen LogP contribution in [-0.2, 0) is 37.1 Å². The largest absolute Gasteiger partial charge is 0.384 e. The molecule has 26 nitrogen and oxygen atoms in total. The fourth-order valence-corrected chi connectivity index (χ4v) is 7.79. The van der Waals surface area contributed by atoms with Crippen molar-refractivity contribution in [3.8, 4) is 0 Å². The van der Waals surface area contributed by atoms with Gasteiger partial charge < -0.3 is 57.7 Å². The van der Waals surface area contributed by atoms with E-state index in [1.807, 2.05) is 13.8 Å². The van der Waals surface area contributed by atoms with Gasteiger partial charge in [0.05, 0.1) is 12.9 Å². The first-order valence-corrected chi connectivity index (χ1v) is 23.3. The van der Waals surface area contributed by atoms with Gasteiger partial charge in [0.15, 0.2) is 17.1 Å². The number of nitrogens with two attached hydrogens (primary N) is 4. The van der Waals surface area contributed by atoms with E-state index in [9.17, 15) is 38.4 Å². The predicted octanol–water partition coefficient (Wildman–Crippen LogP) is -1.91. The number of carbonyl (C=O) groups excluding carboxylic acids is 5. The van der Waals surface area contributed by atoms with Gasteiger partial charge in [0, 0.05) is 63.8 Å². The number of guanidine groups is 1. The molecule has 3 aromatic rings. The normalized spacial score (nSPS) is 13.8. The Hall–Kier alpha value is -7.80. The molecule has 0 aromatic carbocycles. The summed E-state index contributed by atoms with van der Waals surface area (Å²) in [6.45, 7) is 16.4. The number of aryl methyl sites for hydroxylation is 1. The molecule has 3 aromatic heterocycles. The number of carbonyl (C=O) groups is 5. The Morgan fingerprint density at radius 3 is 2.24 bits per heavy atom. The lowest BCUT2D eigenvalue weighted by molar-refractivity contribution is -0.141. The van der Waals surface area contributed by atoms with Crippen LogP contribution in [-0.4, -0.2) is 155 Å². The van der Waals surface area contributed by atoms with Crippen molar-refractivity contribution in [2.45, 2.75) is 86.9 Å². The molecule has 0 saturated heterocycles. The third-order valence-electron chi connectivity index (χ3n) is 12.2. The van der Waals surface area contributed by atoms with Crippen LogP contribution in [0.5, 0.6) is 0 Å². The summed E-state index contributed by atoms with van der Waals surface area (Å²) >= 11 is 0. The van der Waals surface area contributed by atoms with Gasteiger partial charge in [0.25, 0.3) is 11.1 Å². The summed E-state index contributed by atoms with van der Waals surface area (Å²) in [5, 5.41) is 5.64. The van der Waals surface area contributed by atoms with E-state index in [1.54, 1.807) is 11.1 Å². The van der Waals surface area contributed by atoms with E-state index in [2.05, 4.69) is 74.8 Å². The van der Waals surface area contributed by atoms with Crippen molar-refractivity contribution in [2.75, 3.05) is 64.6 Å². The van der Waals surface area contributed by atoms with Crippen LogP contribution in [0.2, 0.25) is 0 Å². The number of nitrogens with one attached hydrogen (secondary N) is 4. The summed E-state index contributed by atoms with van der Waals surface area (Å²) in [6, 6.07) is -1.23. The van der Waals surface area contributed by atoms with E-state index in [4.69, 9.17) is 22.9 Å². The van der Waals surface area contributed by atoms with Crippen LogP contribution in [0.25, 0.3) is 11.2 Å². The van der Waals surface area contributed by atoms with E-state index in [-0.39, 0.29) is 141 Å². The first kappa shape index (κ1) is 55.8. The smallest absolute Gasteiger partial charge is 0.328 e. The molecule has 0 fully saturated rings. The van der Waals surface area contributed by atoms with Gasteiger partial charge in [-0.3, -0.25) is 53.1 Å². The Labute approximate surface area is 410 Å². The molecule has 12 N–H and O–H groups in total. The van der Waals surface area contributed by atoms with Crippen LogP contribution in [0, 0.1) is 24.2 Å². The number of imidazole rings is 1. The van der Waals surface area contributed by atoms with Crippen LogP contribution in [0.4, 0.5) is 5.95 Å². The number of hydrogen-bond acceptors (Lipinski definition) is 15. The lowest BCUT2D eigenvalue weighted by atomic mass is 9.75. The maximum atomic E-state index is 14.5. The first-order valence-electron chi connectivity index (χ1n) is 23.3. The number of amides is 5. The summed E-state index contributed by atoms with van der Waals surface area (Å²) in [7, 11) is 0. The molecule has 0 saturated carbocycles. The molecule has 71 heavy (non-hydrogen) atoms. The molecule has 0 radical (unpaired) electrons. The second-order valence-electron chi connectivity index (χ2n) is 18.6. The molecule has 4 rings (SSSR count). The van der Waals surface area contributed by atoms with Gasteiger partial charge in [-0.25, -0.2) is 14.8 Å². The van der Waals surface area contributed by atoms with Gasteiger partial charge in [-0.15, -0.1) is 0 Å². The highest BCUT2D eigenvalue weighted by Crippen LogP contribution is 2.32. The Kier molecular flexibility index (Phi) is 19.8. The average Bonchev–Trinajstić information content (AvgIpc) is 3.68. The van der Waals surface area contributed by atoms with E-state index in [0.29, 0.717) is 13.0 Å². The quantitative estimate of drug-likeness (QED) is 0.0261. The van der Waals surface area contributed by atoms with Crippen LogP contribution in [0.1, 0.15) is 66.4 Å². The summed E-state index contributed by atoms with van der Waals surface area (Å²) in [5.41, 5.74) is 20.8. The van der Waals surface area contributed by atoms with Crippen LogP contribution >= 0.6 is 0 Å². The third kappa shape index (κ3) is 16.1. The fourth-order valence-electron chi connectivity index (χ4n) is 7.79. The highest BCUT2D eigenvalue weighted by molar-refractivity contribution is 5.93. The number of hydrogen-bond donors (Lipinski definition) is 8. The van der Waals surface area contributed by atoms with Crippen molar-refractivity contribution in [1.82, 2.24) is 59.3 Å². The molecule has 388 valence electrons. The van der Waals surface area contributed by atoms with E-state index >= 15 is 0 Å². The molecule has 0 aliphatic carbocycles. The predicted molar refractivity (Wildman–Crippen MR) is 268 cm³/mol. The molecule has 0 spiro atoms. The van der Waals surface area contributed by atoms with Crippen molar-refractivity contribution >= 4 is 58.4 Å². The summed E-state index contributed by atoms with van der Waals surface area (Å²) < 4.78 is 2.43. The van der Waals surface area contributed by atoms with Crippen LogP contribution in [0.15, 0.2) is 61.6 Å². The van der Waals surface area contributed by atoms with Crippen molar-refractivity contribution in [3.05, 3.63) is 74.0 Å². The molecule has 1 aliphatic heterocycles. The lowest BCUT2D eigenvalue weighted by Gasteiger charge is -2.36. The molecule has 3 atom stereocenters. The monoisotopic (exact) mass is 991 g/mol. The highest BCUT2D eigenvalue weighted by Gasteiger charge is 2.32. The van der Waals surface area contributed by atoms with Crippen LogP contribution in [0.3, 0.4) is 0 Å². The van der Waals surface area contributed by atoms with Crippen LogP contribution < -0.4 is 50.4 Å². The topological polar surface area (TPSA) is 370 Å². The van der Waals surface area contributed by atoms with E-state index in [1.165, 1.54) is 44.8 Å². The number of aromatic nitrogens is 6. The van der Waals surface area contributed by atoms with Gasteiger partial charge >= 0.3 is 5.69 Å². The molecular weight excluding hydrogens is 921 g/mol. The zero-order valence-electron chi connectivity index (χ0n) is 41.7. The Morgan fingerprint density at radius 1 is 0.901 bits per heavy atom. The number of amidine groups is 1. The van der Waals surface area contributed by atoms with E-state index in [0.717, 1.165) is 4.57 Å². The molecule has 5 amide bonds. The Bertz CT molecular complexity index is 2690. The minimum absolute atomic E-state index is 0.00837. The van der Waals surface area contributed by atoms with Gasteiger partial charge in [0.2, 0.25) is 35.5 Å². The number of aromatic amines is 2. The zero-order valence-corrected chi connectivity index (χ0v) is 41.7. The van der Waals surface area contributed by atoms with Gasteiger partial charge in [-0.05, 0) is 49.5 Å². The maximum absolute atomic E-state index is 14.5. The van der Waals surface area contributed by atoms with Crippen molar-refractivity contribution in [2.24, 2.45) is 44.4 Å². The maximum Gasteiger partial charge on any atom is 0.328 e. The van der Waals surface area contributed by atoms with Crippen molar-refractivity contribution in [3.63, 3.8) is 0 Å². The molecule has 0 bridgehead atoms. The van der Waals surface area contributed by atoms with Gasteiger partial charge in [0.1, 0.15) is 37.3 Å². The lowest BCUT2D eigenvalue weighted by Crippen LogP contribution is -2.54. The average molecular weight is 991 g/mol. The Morgan fingerprint density at radius 2 is 1.58 bits per heavy atom. The number of anilines is 1. The minimum Gasteiger partial charge on any atom is -0.384 e. The molecule has 26 heteroatoms. The number of fused-ring (bicyclic) bond motifs is 1. The molecule has 2 unspecified atom stereocenters. The van der Waals surface area contributed by atoms with Crippen molar-refractivity contribution in [1.29, 1.82) is 0 Å². The molecular formula is C45H70N18O8. The second-order valence-corrected chi connectivity index (χ2v) is 18.6. The summed E-state index contributed by atoms with van der Waals surface area (Å²) in [4.78, 5) is 134. The van der Waals surface area contributed by atoms with Gasteiger partial charge in [-0.2, -0.15) is 4.98 Å². The van der Waals surface area contributed by atoms with Crippen molar-refractivity contribution < 1.29 is 24.0 Å². The third-order valence-corrected chi connectivity index (χ3v) is 12.2. The SMILES string of the molecule is C=C1N=C(N)C=CN1CC(=O)N(CCC)CC(=O)NCCN(C(=O)Cn1cc(C)c(=O)[nH]c1=O)[C@@H](CCCN=C(N)N)C(=O)NCCN(CC(C)C(C)C(C)(C)C)C(=O)Cn1cnc2c(=O)[nH]c(N)nc21. The number of nitrogens with zero attached hydrogens (tertiary/aromatic N) is 10. The van der Waals surface area contributed by atoms with E-state index < -0.39 is 47.1 Å². The zero-order chi connectivity index (χ0) is 52.7. The van der Waals surface area contributed by atoms with Gasteiger partial charge in [-0.1, -0.05) is 48.1 Å². The first-order chi connectivity index (χ1) is 33.4.